The van der Waals surface area contributed by atoms with Crippen molar-refractivity contribution in [3.05, 3.63) is 40.9 Å². The second kappa shape index (κ2) is 13.1. The molecule has 198 valence electrons. The maximum atomic E-state index is 13.8. The summed E-state index contributed by atoms with van der Waals surface area (Å²) >= 11 is 6.40. The number of nitrogens with zero attached hydrogens (tertiary/aromatic N) is 1. The van der Waals surface area contributed by atoms with Crippen molar-refractivity contribution in [1.82, 2.24) is 15.5 Å². The Labute approximate surface area is 216 Å². The Balaban J connectivity index is 1.69. The van der Waals surface area contributed by atoms with Crippen molar-refractivity contribution < 1.29 is 23.1 Å². The summed E-state index contributed by atoms with van der Waals surface area (Å²) < 4.78 is 32.3. The quantitative estimate of drug-likeness (QED) is 0.294. The summed E-state index contributed by atoms with van der Waals surface area (Å²) in [7, 11) is 1.25. The maximum Gasteiger partial charge on any atom is 0.307 e. The Morgan fingerprint density at radius 1 is 1.28 bits per heavy atom. The van der Waals surface area contributed by atoms with Gasteiger partial charge in [0.15, 0.2) is 0 Å². The van der Waals surface area contributed by atoms with Crippen LogP contribution in [0.2, 0.25) is 5.02 Å². The molecule has 1 aromatic carbocycles. The molecule has 0 aromatic heterocycles. The molecule has 0 unspecified atom stereocenters. The molecule has 1 aromatic rings. The number of hydrogen-bond donors (Lipinski definition) is 3. The molecular formula is C26H35ClF2N4O3. The van der Waals surface area contributed by atoms with Gasteiger partial charge in [-0.3, -0.25) is 19.9 Å². The number of likely N-dealkylation sites (tertiary alicyclic amines) is 1. The number of rotatable bonds is 11. The SMILES string of the molecule is COC(=O)C[C@H](CCN1CCCC(F)(F)C1)NC(=O)C(=N)/C=C(\NC1CCCC1)c1ccccc1Cl. The van der Waals surface area contributed by atoms with Crippen molar-refractivity contribution in [2.45, 2.75) is 69.4 Å². The monoisotopic (exact) mass is 524 g/mol. The normalized spacial score (nSPS) is 19.5. The lowest BCUT2D eigenvalue weighted by atomic mass is 10.0. The Morgan fingerprint density at radius 2 is 2.00 bits per heavy atom. The van der Waals surface area contributed by atoms with Crippen molar-refractivity contribution >= 4 is 34.9 Å². The smallest absolute Gasteiger partial charge is 0.307 e. The van der Waals surface area contributed by atoms with Crippen LogP contribution in [0.15, 0.2) is 30.3 Å². The fourth-order valence-corrected chi connectivity index (χ4v) is 4.96. The number of benzene rings is 1. The third-order valence-corrected chi connectivity index (χ3v) is 6.98. The third kappa shape index (κ3) is 8.55. The van der Waals surface area contributed by atoms with Gasteiger partial charge in [-0.15, -0.1) is 0 Å². The molecule has 1 atom stereocenters. The van der Waals surface area contributed by atoms with E-state index in [2.05, 4.69) is 10.6 Å². The zero-order chi connectivity index (χ0) is 26.1. The molecule has 0 radical (unpaired) electrons. The van der Waals surface area contributed by atoms with Gasteiger partial charge in [0.2, 0.25) is 0 Å². The van der Waals surface area contributed by atoms with Crippen LogP contribution in [0.5, 0.6) is 0 Å². The van der Waals surface area contributed by atoms with Crippen LogP contribution in [-0.4, -0.2) is 67.2 Å². The van der Waals surface area contributed by atoms with E-state index in [1.807, 2.05) is 18.2 Å². The predicted octanol–water partition coefficient (Wildman–Crippen LogP) is 4.40. The van der Waals surface area contributed by atoms with E-state index in [-0.39, 0.29) is 37.6 Å². The van der Waals surface area contributed by atoms with Gasteiger partial charge in [0, 0.05) is 41.3 Å². The molecule has 1 amide bonds. The zero-order valence-corrected chi connectivity index (χ0v) is 21.4. The van der Waals surface area contributed by atoms with Gasteiger partial charge >= 0.3 is 5.97 Å². The fraction of sp³-hybridized carbons (Fsp3) is 0.577. The van der Waals surface area contributed by atoms with Crippen molar-refractivity contribution in [2.24, 2.45) is 0 Å². The molecule has 7 nitrogen and oxygen atoms in total. The molecule has 3 N–H and O–H groups in total. The highest BCUT2D eigenvalue weighted by Gasteiger charge is 2.35. The summed E-state index contributed by atoms with van der Waals surface area (Å²) in [6.07, 6.45) is 6.12. The lowest BCUT2D eigenvalue weighted by molar-refractivity contribution is -0.141. The first-order chi connectivity index (χ1) is 17.2. The highest BCUT2D eigenvalue weighted by Crippen LogP contribution is 2.27. The van der Waals surface area contributed by atoms with Crippen LogP contribution in [0, 0.1) is 5.41 Å². The molecule has 1 saturated carbocycles. The van der Waals surface area contributed by atoms with E-state index < -0.39 is 23.8 Å². The minimum absolute atomic E-state index is 0.110. The molecule has 36 heavy (non-hydrogen) atoms. The van der Waals surface area contributed by atoms with Gasteiger partial charge in [0.05, 0.1) is 20.1 Å². The van der Waals surface area contributed by atoms with Crippen LogP contribution in [0.25, 0.3) is 5.70 Å². The standard InChI is InChI=1S/C26H35ClF2N4O3/c1-36-24(34)15-19(11-14-33-13-6-12-26(28,29)17-33)32-25(35)22(30)16-23(31-18-7-2-3-8-18)20-9-4-5-10-21(20)27/h4-5,9-10,16,18-19,30-31H,2-3,6-8,11-15,17H2,1H3,(H,32,35)/b23-16-,30-22?/t19-/m0/s1. The molecular weight excluding hydrogens is 490 g/mol. The van der Waals surface area contributed by atoms with Crippen LogP contribution in [0.1, 0.15) is 56.9 Å². The topological polar surface area (TPSA) is 94.5 Å². The summed E-state index contributed by atoms with van der Waals surface area (Å²) in [4.78, 5) is 26.5. The van der Waals surface area contributed by atoms with Gasteiger partial charge in [0.25, 0.3) is 11.8 Å². The van der Waals surface area contributed by atoms with E-state index >= 15 is 0 Å². The molecule has 10 heteroatoms. The molecule has 1 saturated heterocycles. The second-order valence-corrected chi connectivity index (χ2v) is 9.96. The Bertz CT molecular complexity index is 966. The number of ether oxygens (including phenoxy) is 1. The van der Waals surface area contributed by atoms with Crippen LogP contribution >= 0.6 is 11.6 Å². The van der Waals surface area contributed by atoms with Crippen molar-refractivity contribution in [1.29, 1.82) is 5.41 Å². The summed E-state index contributed by atoms with van der Waals surface area (Å²) in [6, 6.07) is 6.81. The summed E-state index contributed by atoms with van der Waals surface area (Å²) in [5.41, 5.74) is 0.989. The minimum atomic E-state index is -2.73. The lowest BCUT2D eigenvalue weighted by Gasteiger charge is -2.33. The van der Waals surface area contributed by atoms with Gasteiger partial charge in [0.1, 0.15) is 5.71 Å². The zero-order valence-electron chi connectivity index (χ0n) is 20.6. The van der Waals surface area contributed by atoms with E-state index in [9.17, 15) is 18.4 Å². The van der Waals surface area contributed by atoms with E-state index in [1.54, 1.807) is 11.0 Å². The molecule has 2 aliphatic rings. The average Bonchev–Trinajstić information content (AvgIpc) is 3.35. The molecule has 0 spiro atoms. The summed E-state index contributed by atoms with van der Waals surface area (Å²) in [6.45, 7) is 0.508. The van der Waals surface area contributed by atoms with Crippen LogP contribution in [0.3, 0.4) is 0 Å². The molecule has 1 heterocycles. The molecule has 2 fully saturated rings. The number of amides is 1. The van der Waals surface area contributed by atoms with Crippen LogP contribution in [0.4, 0.5) is 8.78 Å². The summed E-state index contributed by atoms with van der Waals surface area (Å²) in [5.74, 6) is -3.91. The van der Waals surface area contributed by atoms with E-state index in [4.69, 9.17) is 21.7 Å². The number of carbonyl (C=O) groups excluding carboxylic acids is 2. The first-order valence-corrected chi connectivity index (χ1v) is 12.8. The number of methoxy groups -OCH3 is 1. The predicted molar refractivity (Wildman–Crippen MR) is 136 cm³/mol. The number of hydrogen-bond acceptors (Lipinski definition) is 6. The average molecular weight is 525 g/mol. The largest absolute Gasteiger partial charge is 0.469 e. The number of alkyl halides is 2. The molecule has 3 rings (SSSR count). The first kappa shape index (κ1) is 28.1. The minimum Gasteiger partial charge on any atom is -0.469 e. The number of nitrogens with one attached hydrogen (secondary N) is 3. The van der Waals surface area contributed by atoms with Crippen molar-refractivity contribution in [3.8, 4) is 0 Å². The molecule has 1 aliphatic heterocycles. The lowest BCUT2D eigenvalue weighted by Crippen LogP contribution is -2.46. The van der Waals surface area contributed by atoms with Gasteiger partial charge < -0.3 is 15.4 Å². The van der Waals surface area contributed by atoms with E-state index in [1.165, 1.54) is 13.2 Å². The van der Waals surface area contributed by atoms with E-state index in [0.29, 0.717) is 35.8 Å². The van der Waals surface area contributed by atoms with Gasteiger partial charge in [-0.05, 0) is 44.4 Å². The molecule has 1 aliphatic carbocycles. The summed E-state index contributed by atoms with van der Waals surface area (Å²) in [5, 5.41) is 15.1. The highest BCUT2D eigenvalue weighted by atomic mass is 35.5. The van der Waals surface area contributed by atoms with Crippen molar-refractivity contribution in [2.75, 3.05) is 26.7 Å². The third-order valence-electron chi connectivity index (χ3n) is 6.65. The maximum absolute atomic E-state index is 13.8. The van der Waals surface area contributed by atoms with Crippen LogP contribution < -0.4 is 10.6 Å². The Hall–Kier alpha value is -2.52. The number of piperidine rings is 1. The fourth-order valence-electron chi connectivity index (χ4n) is 4.73. The van der Waals surface area contributed by atoms with Crippen molar-refractivity contribution in [3.63, 3.8) is 0 Å². The second-order valence-electron chi connectivity index (χ2n) is 9.55. The Morgan fingerprint density at radius 3 is 2.67 bits per heavy atom. The van der Waals surface area contributed by atoms with Gasteiger partial charge in [-0.1, -0.05) is 42.6 Å². The van der Waals surface area contributed by atoms with E-state index in [0.717, 1.165) is 25.7 Å². The molecule has 0 bridgehead atoms. The van der Waals surface area contributed by atoms with Gasteiger partial charge in [-0.25, -0.2) is 8.78 Å². The number of halogens is 3. The van der Waals surface area contributed by atoms with Crippen LogP contribution in [-0.2, 0) is 14.3 Å². The van der Waals surface area contributed by atoms with Gasteiger partial charge in [-0.2, -0.15) is 0 Å². The first-order valence-electron chi connectivity index (χ1n) is 12.5. The number of esters is 1. The highest BCUT2D eigenvalue weighted by molar-refractivity contribution is 6.43. The number of carbonyl (C=O) groups is 2. The Kier molecular flexibility index (Phi) is 10.2.